The smallest absolute Gasteiger partial charge is 0.405 e. The van der Waals surface area contributed by atoms with Gasteiger partial charge in [0.05, 0.1) is 6.42 Å². The molecule has 2 aromatic rings. The molecule has 1 fully saturated rings. The highest BCUT2D eigenvalue weighted by molar-refractivity contribution is 5.78. The average molecular weight is 368 g/mol. The number of anilines is 2. The van der Waals surface area contributed by atoms with Gasteiger partial charge >= 0.3 is 6.09 Å². The lowest BCUT2D eigenvalue weighted by molar-refractivity contribution is -0.133. The van der Waals surface area contributed by atoms with Gasteiger partial charge in [0, 0.05) is 43.1 Å². The molecule has 1 heterocycles. The molecule has 0 aromatic heterocycles. The van der Waals surface area contributed by atoms with Crippen molar-refractivity contribution in [1.29, 1.82) is 0 Å². The molecule has 0 bridgehead atoms. The van der Waals surface area contributed by atoms with Gasteiger partial charge in [-0.1, -0.05) is 36.4 Å². The van der Waals surface area contributed by atoms with E-state index in [0.29, 0.717) is 24.3 Å². The molecule has 7 nitrogen and oxygen atoms in total. The highest BCUT2D eigenvalue weighted by Gasteiger charge is 2.27. The highest BCUT2D eigenvalue weighted by atomic mass is 16.6. The van der Waals surface area contributed by atoms with Crippen LogP contribution in [0, 0.1) is 0 Å². The summed E-state index contributed by atoms with van der Waals surface area (Å²) >= 11 is 0. The first-order valence-electron chi connectivity index (χ1n) is 8.93. The molecular weight excluding hydrogens is 344 g/mol. The van der Waals surface area contributed by atoms with Crippen LogP contribution in [-0.4, -0.2) is 43.1 Å². The first kappa shape index (κ1) is 18.6. The van der Waals surface area contributed by atoms with Gasteiger partial charge in [-0.15, -0.1) is 0 Å². The molecule has 0 spiro atoms. The third kappa shape index (κ3) is 4.69. The number of nitrogens with two attached hydrogens (primary N) is 2. The zero-order chi connectivity index (χ0) is 19.2. The standard InChI is InChI=1S/C20H24N4O3/c21-17-9-5-4-8-16(17)18(27-20(22)26)14-19(25)24-12-10-23(11-13-24)15-6-2-1-3-7-15/h1-9,18H,10-14,21H2,(H2,22,26). The van der Waals surface area contributed by atoms with E-state index < -0.39 is 12.2 Å². The lowest BCUT2D eigenvalue weighted by Gasteiger charge is -2.36. The molecular formula is C20H24N4O3. The lowest BCUT2D eigenvalue weighted by atomic mass is 10.0. The number of rotatable bonds is 5. The molecule has 0 aliphatic carbocycles. The minimum atomic E-state index is -0.926. The second-order valence-corrected chi connectivity index (χ2v) is 6.46. The number of ether oxygens (including phenoxy) is 1. The molecule has 0 radical (unpaired) electrons. The van der Waals surface area contributed by atoms with Crippen LogP contribution in [0.3, 0.4) is 0 Å². The summed E-state index contributed by atoms with van der Waals surface area (Å²) < 4.78 is 5.17. The fourth-order valence-corrected chi connectivity index (χ4v) is 3.30. The van der Waals surface area contributed by atoms with Crippen molar-refractivity contribution in [2.24, 2.45) is 5.73 Å². The number of hydrogen-bond donors (Lipinski definition) is 2. The Morgan fingerprint density at radius 2 is 1.59 bits per heavy atom. The summed E-state index contributed by atoms with van der Waals surface area (Å²) in [6.45, 7) is 2.73. The van der Waals surface area contributed by atoms with E-state index in [1.54, 1.807) is 29.2 Å². The summed E-state index contributed by atoms with van der Waals surface area (Å²) in [6.07, 6.45) is -1.70. The predicted octanol–water partition coefficient (Wildman–Crippen LogP) is 2.14. The van der Waals surface area contributed by atoms with Crippen LogP contribution in [0.25, 0.3) is 0 Å². The highest BCUT2D eigenvalue weighted by Crippen LogP contribution is 2.27. The van der Waals surface area contributed by atoms with Crippen molar-refractivity contribution >= 4 is 23.4 Å². The fourth-order valence-electron chi connectivity index (χ4n) is 3.30. The minimum Gasteiger partial charge on any atom is -0.441 e. The van der Waals surface area contributed by atoms with Gasteiger partial charge < -0.3 is 26.0 Å². The van der Waals surface area contributed by atoms with Crippen molar-refractivity contribution in [3.8, 4) is 0 Å². The van der Waals surface area contributed by atoms with E-state index in [-0.39, 0.29) is 12.3 Å². The minimum absolute atomic E-state index is 0.0164. The van der Waals surface area contributed by atoms with Crippen LogP contribution >= 0.6 is 0 Å². The van der Waals surface area contributed by atoms with Gasteiger partial charge in [-0.25, -0.2) is 4.79 Å². The van der Waals surface area contributed by atoms with E-state index in [1.165, 1.54) is 0 Å². The molecule has 4 N–H and O–H groups in total. The Bertz CT molecular complexity index is 789. The van der Waals surface area contributed by atoms with E-state index in [0.717, 1.165) is 18.8 Å². The van der Waals surface area contributed by atoms with Crippen molar-refractivity contribution in [3.63, 3.8) is 0 Å². The monoisotopic (exact) mass is 368 g/mol. The third-order valence-corrected chi connectivity index (χ3v) is 4.72. The van der Waals surface area contributed by atoms with E-state index in [2.05, 4.69) is 17.0 Å². The molecule has 1 atom stereocenters. The number of primary amides is 1. The van der Waals surface area contributed by atoms with Crippen molar-refractivity contribution < 1.29 is 14.3 Å². The van der Waals surface area contributed by atoms with Gasteiger partial charge in [0.1, 0.15) is 6.10 Å². The fraction of sp³-hybridized carbons (Fsp3) is 0.300. The third-order valence-electron chi connectivity index (χ3n) is 4.72. The Morgan fingerprint density at radius 3 is 2.22 bits per heavy atom. The Balaban J connectivity index is 1.63. The van der Waals surface area contributed by atoms with Crippen LogP contribution in [0.1, 0.15) is 18.1 Å². The average Bonchev–Trinajstić information content (AvgIpc) is 2.68. The number of carbonyl (C=O) groups is 2. The number of nitrogen functional groups attached to an aromatic ring is 1. The Labute approximate surface area is 158 Å². The van der Waals surface area contributed by atoms with Gasteiger partial charge in [0.2, 0.25) is 5.91 Å². The number of nitrogens with zero attached hydrogens (tertiary/aromatic N) is 2. The van der Waals surface area contributed by atoms with Crippen LogP contribution in [0.2, 0.25) is 0 Å². The van der Waals surface area contributed by atoms with Crippen molar-refractivity contribution in [3.05, 3.63) is 60.2 Å². The number of para-hydroxylation sites is 2. The van der Waals surface area contributed by atoms with Gasteiger partial charge in [0.25, 0.3) is 0 Å². The molecule has 2 amide bonds. The SMILES string of the molecule is NC(=O)OC(CC(=O)N1CCN(c2ccccc2)CC1)c1ccccc1N. The Morgan fingerprint density at radius 1 is 0.963 bits per heavy atom. The molecule has 2 aromatic carbocycles. The van der Waals surface area contributed by atoms with Crippen LogP contribution < -0.4 is 16.4 Å². The molecule has 1 aliphatic rings. The molecule has 0 saturated carbocycles. The molecule has 1 unspecified atom stereocenters. The summed E-state index contributed by atoms with van der Waals surface area (Å²) in [5.41, 5.74) is 13.4. The summed E-state index contributed by atoms with van der Waals surface area (Å²) in [6, 6.07) is 17.1. The van der Waals surface area contributed by atoms with E-state index in [9.17, 15) is 9.59 Å². The van der Waals surface area contributed by atoms with E-state index in [4.69, 9.17) is 16.2 Å². The zero-order valence-corrected chi connectivity index (χ0v) is 15.1. The largest absolute Gasteiger partial charge is 0.441 e. The van der Waals surface area contributed by atoms with Crippen LogP contribution in [0.5, 0.6) is 0 Å². The number of piperazine rings is 1. The predicted molar refractivity (Wildman–Crippen MR) is 104 cm³/mol. The summed E-state index contributed by atoms with van der Waals surface area (Å²) in [4.78, 5) is 28.1. The molecule has 27 heavy (non-hydrogen) atoms. The molecule has 1 saturated heterocycles. The first-order valence-corrected chi connectivity index (χ1v) is 8.93. The van der Waals surface area contributed by atoms with Crippen molar-refractivity contribution in [2.45, 2.75) is 12.5 Å². The zero-order valence-electron chi connectivity index (χ0n) is 15.1. The number of benzene rings is 2. The van der Waals surface area contributed by atoms with Gasteiger partial charge in [-0.05, 0) is 18.2 Å². The summed E-state index contributed by atoms with van der Waals surface area (Å²) in [5, 5.41) is 0. The normalized spacial score (nSPS) is 15.3. The van der Waals surface area contributed by atoms with Gasteiger partial charge in [-0.2, -0.15) is 0 Å². The summed E-state index contributed by atoms with van der Waals surface area (Å²) in [5.74, 6) is -0.0859. The maximum absolute atomic E-state index is 12.8. The molecule has 142 valence electrons. The van der Waals surface area contributed by atoms with Crippen LogP contribution in [-0.2, 0) is 9.53 Å². The molecule has 1 aliphatic heterocycles. The number of carbonyl (C=O) groups excluding carboxylic acids is 2. The molecule has 3 rings (SSSR count). The maximum atomic E-state index is 12.8. The van der Waals surface area contributed by atoms with Crippen LogP contribution in [0.15, 0.2) is 54.6 Å². The Hall–Kier alpha value is -3.22. The Kier molecular flexibility index (Phi) is 5.80. The number of amides is 2. The first-order chi connectivity index (χ1) is 13.0. The molecule has 7 heteroatoms. The van der Waals surface area contributed by atoms with Crippen molar-refractivity contribution in [1.82, 2.24) is 4.90 Å². The quantitative estimate of drug-likeness (QED) is 0.787. The maximum Gasteiger partial charge on any atom is 0.405 e. The summed E-state index contributed by atoms with van der Waals surface area (Å²) in [7, 11) is 0. The lowest BCUT2D eigenvalue weighted by Crippen LogP contribution is -2.49. The van der Waals surface area contributed by atoms with Gasteiger partial charge in [-0.3, -0.25) is 4.79 Å². The van der Waals surface area contributed by atoms with E-state index >= 15 is 0 Å². The second kappa shape index (κ2) is 8.44. The van der Waals surface area contributed by atoms with E-state index in [1.807, 2.05) is 18.2 Å². The van der Waals surface area contributed by atoms with Crippen molar-refractivity contribution in [2.75, 3.05) is 36.8 Å². The van der Waals surface area contributed by atoms with Crippen LogP contribution in [0.4, 0.5) is 16.2 Å². The number of hydrogen-bond acceptors (Lipinski definition) is 5. The van der Waals surface area contributed by atoms with Gasteiger partial charge in [0.15, 0.2) is 0 Å². The topological polar surface area (TPSA) is 102 Å². The second-order valence-electron chi connectivity index (χ2n) is 6.46.